The third-order valence-electron chi connectivity index (χ3n) is 2.35. The summed E-state index contributed by atoms with van der Waals surface area (Å²) in [4.78, 5) is 0. The number of ether oxygens (including phenoxy) is 1. The molecule has 4 heteroatoms. The van der Waals surface area contributed by atoms with Gasteiger partial charge in [0.25, 0.3) is 0 Å². The molecule has 0 aliphatic rings. The highest BCUT2D eigenvalue weighted by Gasteiger charge is 2.12. The largest absolute Gasteiger partial charge is 0.489 e. The first-order valence-corrected chi connectivity index (χ1v) is 6.13. The Morgan fingerprint density at radius 1 is 1.38 bits per heavy atom. The monoisotopic (exact) mass is 261 g/mol. The van der Waals surface area contributed by atoms with Crippen LogP contribution < -0.4 is 10.1 Å². The summed E-state index contributed by atoms with van der Waals surface area (Å²) in [7, 11) is 1.88. The molecular weight excluding hydrogens is 245 g/mol. The molecule has 0 fully saturated rings. The van der Waals surface area contributed by atoms with E-state index in [1.807, 2.05) is 20.0 Å². The fourth-order valence-corrected chi connectivity index (χ4v) is 1.93. The molecule has 1 N–H and O–H groups in total. The molecule has 1 unspecified atom stereocenters. The van der Waals surface area contributed by atoms with E-state index in [1.165, 1.54) is 0 Å². The SMILES string of the molecule is CCC(C)Oc1c(Cl)cc(Cl)cc1CNC. The van der Waals surface area contributed by atoms with Gasteiger partial charge in [-0.3, -0.25) is 0 Å². The van der Waals surface area contributed by atoms with E-state index in [4.69, 9.17) is 27.9 Å². The summed E-state index contributed by atoms with van der Waals surface area (Å²) >= 11 is 12.1. The van der Waals surface area contributed by atoms with E-state index in [0.717, 1.165) is 17.7 Å². The standard InChI is InChI=1S/C12H17Cl2NO/c1-4-8(2)16-12-9(7-15-3)5-10(13)6-11(12)14/h5-6,8,15H,4,7H2,1-3H3. The Bertz CT molecular complexity index is 355. The molecule has 0 spiro atoms. The minimum atomic E-state index is 0.147. The van der Waals surface area contributed by atoms with Gasteiger partial charge in [-0.1, -0.05) is 30.1 Å². The Balaban J connectivity index is 3.03. The Labute approximate surface area is 107 Å². The second-order valence-corrected chi connectivity index (χ2v) is 4.59. The van der Waals surface area contributed by atoms with Crippen LogP contribution in [0.25, 0.3) is 0 Å². The van der Waals surface area contributed by atoms with Gasteiger partial charge < -0.3 is 10.1 Å². The van der Waals surface area contributed by atoms with E-state index < -0.39 is 0 Å². The summed E-state index contributed by atoms with van der Waals surface area (Å²) in [5, 5.41) is 4.27. The maximum atomic E-state index is 6.13. The lowest BCUT2D eigenvalue weighted by atomic mass is 10.2. The highest BCUT2D eigenvalue weighted by atomic mass is 35.5. The van der Waals surface area contributed by atoms with Gasteiger partial charge in [0.15, 0.2) is 0 Å². The number of halogens is 2. The molecule has 1 aromatic carbocycles. The van der Waals surface area contributed by atoms with Crippen LogP contribution in [0.15, 0.2) is 12.1 Å². The summed E-state index contributed by atoms with van der Waals surface area (Å²) in [5.41, 5.74) is 0.986. The van der Waals surface area contributed by atoms with Crippen LogP contribution in [0, 0.1) is 0 Å². The van der Waals surface area contributed by atoms with Crippen molar-refractivity contribution < 1.29 is 4.74 Å². The van der Waals surface area contributed by atoms with E-state index in [0.29, 0.717) is 16.6 Å². The molecule has 0 heterocycles. The topological polar surface area (TPSA) is 21.3 Å². The fraction of sp³-hybridized carbons (Fsp3) is 0.500. The molecule has 1 rings (SSSR count). The molecule has 0 saturated heterocycles. The minimum Gasteiger partial charge on any atom is -0.489 e. The van der Waals surface area contributed by atoms with Gasteiger partial charge in [0, 0.05) is 17.1 Å². The van der Waals surface area contributed by atoms with Crippen LogP contribution >= 0.6 is 23.2 Å². The third-order valence-corrected chi connectivity index (χ3v) is 2.85. The Kier molecular flexibility index (Phi) is 5.39. The number of rotatable bonds is 5. The van der Waals surface area contributed by atoms with Crippen molar-refractivity contribution in [3.63, 3.8) is 0 Å². The molecule has 0 radical (unpaired) electrons. The van der Waals surface area contributed by atoms with Gasteiger partial charge in [-0.15, -0.1) is 0 Å². The van der Waals surface area contributed by atoms with Crippen LogP contribution in [0.4, 0.5) is 0 Å². The van der Waals surface area contributed by atoms with Crippen molar-refractivity contribution in [2.45, 2.75) is 32.9 Å². The van der Waals surface area contributed by atoms with E-state index >= 15 is 0 Å². The summed E-state index contributed by atoms with van der Waals surface area (Å²) in [6.45, 7) is 4.78. The van der Waals surface area contributed by atoms with Crippen LogP contribution in [0.5, 0.6) is 5.75 Å². The second-order valence-electron chi connectivity index (χ2n) is 3.74. The predicted molar refractivity (Wildman–Crippen MR) is 69.6 cm³/mol. The second kappa shape index (κ2) is 6.33. The van der Waals surface area contributed by atoms with Crippen molar-refractivity contribution in [1.82, 2.24) is 5.32 Å². The lowest BCUT2D eigenvalue weighted by Gasteiger charge is -2.17. The van der Waals surface area contributed by atoms with E-state index in [-0.39, 0.29) is 6.10 Å². The van der Waals surface area contributed by atoms with Crippen LogP contribution in [0.2, 0.25) is 10.0 Å². The average molecular weight is 262 g/mol. The summed E-state index contributed by atoms with van der Waals surface area (Å²) in [6, 6.07) is 3.58. The van der Waals surface area contributed by atoms with Gasteiger partial charge in [-0.25, -0.2) is 0 Å². The fourth-order valence-electron chi connectivity index (χ4n) is 1.35. The first-order chi connectivity index (χ1) is 7.58. The molecule has 1 atom stereocenters. The predicted octanol–water partition coefficient (Wildman–Crippen LogP) is 3.89. The number of hydrogen-bond donors (Lipinski definition) is 1. The van der Waals surface area contributed by atoms with Crippen LogP contribution in [-0.4, -0.2) is 13.2 Å². The molecule has 90 valence electrons. The number of hydrogen-bond acceptors (Lipinski definition) is 2. The normalized spacial score (nSPS) is 12.6. The highest BCUT2D eigenvalue weighted by Crippen LogP contribution is 2.33. The highest BCUT2D eigenvalue weighted by molar-refractivity contribution is 6.35. The Morgan fingerprint density at radius 3 is 2.62 bits per heavy atom. The molecule has 2 nitrogen and oxygen atoms in total. The van der Waals surface area contributed by atoms with Gasteiger partial charge in [0.2, 0.25) is 0 Å². The van der Waals surface area contributed by atoms with Crippen LogP contribution in [-0.2, 0) is 6.54 Å². The van der Waals surface area contributed by atoms with E-state index in [9.17, 15) is 0 Å². The van der Waals surface area contributed by atoms with Crippen molar-refractivity contribution in [3.8, 4) is 5.75 Å². The maximum Gasteiger partial charge on any atom is 0.142 e. The number of nitrogens with one attached hydrogen (secondary N) is 1. The first-order valence-electron chi connectivity index (χ1n) is 5.37. The van der Waals surface area contributed by atoms with Crippen molar-refractivity contribution in [1.29, 1.82) is 0 Å². The lowest BCUT2D eigenvalue weighted by Crippen LogP contribution is -2.14. The van der Waals surface area contributed by atoms with Gasteiger partial charge in [0.1, 0.15) is 5.75 Å². The molecule has 0 aliphatic heterocycles. The summed E-state index contributed by atoms with van der Waals surface area (Å²) in [5.74, 6) is 0.731. The zero-order chi connectivity index (χ0) is 12.1. The first kappa shape index (κ1) is 13.6. The molecule has 0 bridgehead atoms. The molecule has 0 saturated carbocycles. The van der Waals surface area contributed by atoms with E-state index in [2.05, 4.69) is 12.2 Å². The van der Waals surface area contributed by atoms with Gasteiger partial charge in [-0.2, -0.15) is 0 Å². The van der Waals surface area contributed by atoms with Gasteiger partial charge >= 0.3 is 0 Å². The van der Waals surface area contributed by atoms with Crippen LogP contribution in [0.3, 0.4) is 0 Å². The van der Waals surface area contributed by atoms with Crippen molar-refractivity contribution in [3.05, 3.63) is 27.7 Å². The zero-order valence-corrected chi connectivity index (χ0v) is 11.3. The molecule has 1 aromatic rings. The smallest absolute Gasteiger partial charge is 0.142 e. The molecule has 16 heavy (non-hydrogen) atoms. The van der Waals surface area contributed by atoms with Gasteiger partial charge in [0.05, 0.1) is 11.1 Å². The van der Waals surface area contributed by atoms with Gasteiger partial charge in [-0.05, 0) is 32.5 Å². The molecular formula is C12H17Cl2NO. The minimum absolute atomic E-state index is 0.147. The molecule has 0 amide bonds. The summed E-state index contributed by atoms with van der Waals surface area (Å²) < 4.78 is 5.80. The number of benzene rings is 1. The quantitative estimate of drug-likeness (QED) is 0.869. The Morgan fingerprint density at radius 2 is 2.06 bits per heavy atom. The maximum absolute atomic E-state index is 6.13. The van der Waals surface area contributed by atoms with Crippen molar-refractivity contribution in [2.75, 3.05) is 7.05 Å². The third kappa shape index (κ3) is 3.55. The molecule has 0 aliphatic carbocycles. The van der Waals surface area contributed by atoms with E-state index in [1.54, 1.807) is 6.07 Å². The van der Waals surface area contributed by atoms with Crippen molar-refractivity contribution >= 4 is 23.2 Å². The zero-order valence-electron chi connectivity index (χ0n) is 9.81. The van der Waals surface area contributed by atoms with Crippen molar-refractivity contribution in [2.24, 2.45) is 0 Å². The summed E-state index contributed by atoms with van der Waals surface area (Å²) in [6.07, 6.45) is 1.09. The van der Waals surface area contributed by atoms with Crippen LogP contribution in [0.1, 0.15) is 25.8 Å². The Hall–Kier alpha value is -0.440. The molecule has 0 aromatic heterocycles. The lowest BCUT2D eigenvalue weighted by molar-refractivity contribution is 0.215. The average Bonchev–Trinajstić information content (AvgIpc) is 2.23.